The predicted molar refractivity (Wildman–Crippen MR) is 121 cm³/mol. The normalized spacial score (nSPS) is 42.8. The number of aromatic hydroxyl groups is 1. The van der Waals surface area contributed by atoms with Gasteiger partial charge in [0.15, 0.2) is 23.9 Å². The van der Waals surface area contributed by atoms with E-state index in [0.29, 0.717) is 11.8 Å². The minimum atomic E-state index is -1.56. The Labute approximate surface area is 206 Å². The van der Waals surface area contributed by atoms with Crippen LogP contribution in [0.1, 0.15) is 35.4 Å². The van der Waals surface area contributed by atoms with Crippen molar-refractivity contribution in [1.82, 2.24) is 15.1 Å². The molecule has 1 aromatic heterocycles. The molecule has 2 fully saturated rings. The molecule has 1 spiro atoms. The molecule has 7 rings (SSSR count). The predicted octanol–water partition coefficient (Wildman–Crippen LogP) is 0.0941. The van der Waals surface area contributed by atoms with Gasteiger partial charge in [-0.15, -0.1) is 10.2 Å². The lowest BCUT2D eigenvalue weighted by molar-refractivity contribution is -0.316. The first-order valence-corrected chi connectivity index (χ1v) is 12.4. The van der Waals surface area contributed by atoms with Crippen LogP contribution in [0.4, 0.5) is 0 Å². The van der Waals surface area contributed by atoms with Gasteiger partial charge in [-0.2, -0.15) is 0 Å². The average molecular weight is 500 g/mol. The molecule has 0 amide bonds. The van der Waals surface area contributed by atoms with E-state index in [1.807, 2.05) is 12.1 Å². The number of likely N-dealkylation sites (N-methyl/N-ethyl adjacent to an activating group) is 1. The van der Waals surface area contributed by atoms with Gasteiger partial charge in [0.1, 0.15) is 30.5 Å². The van der Waals surface area contributed by atoms with Crippen molar-refractivity contribution in [2.75, 3.05) is 13.6 Å². The highest BCUT2D eigenvalue weighted by Gasteiger charge is 2.65. The SMILES string of the molecule is Cc1nnc(C2O[C@@H](OC3C=CC4[C@H]5Cc6ccc(O)c7c6[C@@]4(CCN5C)[C@H]3O7)C(O)[C@@H](O)[C@@H]2O)o1. The van der Waals surface area contributed by atoms with E-state index in [1.54, 1.807) is 13.0 Å². The monoisotopic (exact) mass is 499 g/mol. The Morgan fingerprint density at radius 3 is 2.72 bits per heavy atom. The first-order valence-electron chi connectivity index (χ1n) is 12.4. The number of ether oxygens (including phenoxy) is 3. The summed E-state index contributed by atoms with van der Waals surface area (Å²) in [5.74, 6) is 1.05. The average Bonchev–Trinajstić information content (AvgIpc) is 3.45. The van der Waals surface area contributed by atoms with Crippen LogP contribution in [-0.2, 0) is 21.3 Å². The molecule has 11 nitrogen and oxygen atoms in total. The van der Waals surface area contributed by atoms with E-state index in [9.17, 15) is 20.4 Å². The summed E-state index contributed by atoms with van der Waals surface area (Å²) < 4.78 is 24.1. The van der Waals surface area contributed by atoms with Crippen molar-refractivity contribution < 1.29 is 39.1 Å². The Morgan fingerprint density at radius 2 is 1.94 bits per heavy atom. The fourth-order valence-electron chi connectivity index (χ4n) is 7.08. The number of aliphatic hydroxyl groups is 3. The number of aryl methyl sites for hydroxylation is 1. The molecular formula is C25H29N3O8. The summed E-state index contributed by atoms with van der Waals surface area (Å²) in [6, 6.07) is 3.97. The molecule has 0 saturated carbocycles. The van der Waals surface area contributed by atoms with E-state index in [1.165, 1.54) is 5.56 Å². The van der Waals surface area contributed by atoms with Gasteiger partial charge in [-0.1, -0.05) is 18.2 Å². The molecule has 2 bridgehead atoms. The second kappa shape index (κ2) is 7.73. The molecule has 2 saturated heterocycles. The van der Waals surface area contributed by atoms with Crippen LogP contribution in [0.2, 0.25) is 0 Å². The number of aliphatic hydroxyl groups excluding tert-OH is 3. The Balaban J connectivity index is 1.24. The lowest BCUT2D eigenvalue weighted by Gasteiger charge is -2.57. The van der Waals surface area contributed by atoms with Gasteiger partial charge in [0, 0.05) is 29.9 Å². The molecule has 10 atom stereocenters. The summed E-state index contributed by atoms with van der Waals surface area (Å²) in [6.45, 7) is 2.48. The van der Waals surface area contributed by atoms with Gasteiger partial charge in [-0.3, -0.25) is 0 Å². The summed E-state index contributed by atoms with van der Waals surface area (Å²) in [7, 11) is 2.14. The fraction of sp³-hybridized carbons (Fsp3) is 0.600. The highest BCUT2D eigenvalue weighted by molar-refractivity contribution is 5.61. The number of benzene rings is 1. The van der Waals surface area contributed by atoms with Crippen LogP contribution in [-0.4, -0.2) is 92.0 Å². The third-order valence-electron chi connectivity index (χ3n) is 8.78. The maximum absolute atomic E-state index is 10.7. The molecule has 192 valence electrons. The van der Waals surface area contributed by atoms with Crippen molar-refractivity contribution in [1.29, 1.82) is 0 Å². The molecule has 2 aliphatic carbocycles. The minimum absolute atomic E-state index is 0.0121. The maximum Gasteiger partial charge on any atom is 0.248 e. The van der Waals surface area contributed by atoms with E-state index < -0.39 is 42.9 Å². The van der Waals surface area contributed by atoms with Crippen molar-refractivity contribution in [2.45, 2.75) is 74.1 Å². The summed E-state index contributed by atoms with van der Waals surface area (Å²) >= 11 is 0. The van der Waals surface area contributed by atoms with E-state index in [4.69, 9.17) is 18.6 Å². The molecular weight excluding hydrogens is 470 g/mol. The summed E-state index contributed by atoms with van der Waals surface area (Å²) in [4.78, 5) is 2.38. The topological polar surface area (TPSA) is 151 Å². The van der Waals surface area contributed by atoms with E-state index in [-0.39, 0.29) is 28.9 Å². The number of aromatic nitrogens is 2. The quantitative estimate of drug-likeness (QED) is 0.426. The van der Waals surface area contributed by atoms with Crippen LogP contribution in [0.15, 0.2) is 28.7 Å². The lowest BCUT2D eigenvalue weighted by Crippen LogP contribution is -2.66. The smallest absolute Gasteiger partial charge is 0.248 e. The molecule has 2 aromatic rings. The number of nitrogens with zero attached hydrogens (tertiary/aromatic N) is 3. The zero-order chi connectivity index (χ0) is 24.9. The number of phenols is 1. The molecule has 4 unspecified atom stereocenters. The van der Waals surface area contributed by atoms with E-state index in [2.05, 4.69) is 28.2 Å². The molecule has 1 aromatic carbocycles. The highest BCUT2D eigenvalue weighted by Crippen LogP contribution is 2.62. The molecule has 4 heterocycles. The Kier molecular flexibility index (Phi) is 4.86. The summed E-state index contributed by atoms with van der Waals surface area (Å²) in [5, 5.41) is 50.2. The highest BCUT2D eigenvalue weighted by atomic mass is 16.7. The van der Waals surface area contributed by atoms with Gasteiger partial charge < -0.3 is 44.0 Å². The number of hydrogen-bond acceptors (Lipinski definition) is 11. The van der Waals surface area contributed by atoms with Crippen molar-refractivity contribution in [3.63, 3.8) is 0 Å². The number of phenolic OH excluding ortho intramolecular Hbond substituents is 1. The summed E-state index contributed by atoms with van der Waals surface area (Å²) in [6.07, 6.45) is -2.36. The molecule has 36 heavy (non-hydrogen) atoms. The number of likely N-dealkylation sites (tertiary alicyclic amines) is 1. The molecule has 11 heteroatoms. The van der Waals surface area contributed by atoms with Gasteiger partial charge >= 0.3 is 0 Å². The first-order chi connectivity index (χ1) is 17.3. The van der Waals surface area contributed by atoms with Gasteiger partial charge in [0.05, 0.1) is 0 Å². The van der Waals surface area contributed by atoms with Crippen LogP contribution in [0.5, 0.6) is 11.5 Å². The fourth-order valence-corrected chi connectivity index (χ4v) is 7.08. The zero-order valence-electron chi connectivity index (χ0n) is 19.9. The largest absolute Gasteiger partial charge is 0.504 e. The molecule has 3 aliphatic heterocycles. The number of piperidine rings is 1. The molecule has 5 aliphatic rings. The first kappa shape index (κ1) is 22.6. The maximum atomic E-state index is 10.7. The van der Waals surface area contributed by atoms with Crippen LogP contribution in [0, 0.1) is 12.8 Å². The van der Waals surface area contributed by atoms with Gasteiger partial charge in [0.25, 0.3) is 0 Å². The van der Waals surface area contributed by atoms with E-state index >= 15 is 0 Å². The second-order valence-electron chi connectivity index (χ2n) is 10.6. The summed E-state index contributed by atoms with van der Waals surface area (Å²) in [5.41, 5.74) is 1.84. The lowest BCUT2D eigenvalue weighted by atomic mass is 9.53. The van der Waals surface area contributed by atoms with Crippen LogP contribution >= 0.6 is 0 Å². The van der Waals surface area contributed by atoms with Gasteiger partial charge in [-0.05, 0) is 38.1 Å². The third-order valence-corrected chi connectivity index (χ3v) is 8.78. The van der Waals surface area contributed by atoms with Crippen molar-refractivity contribution in [2.24, 2.45) is 5.92 Å². The van der Waals surface area contributed by atoms with Crippen molar-refractivity contribution >= 4 is 0 Å². The second-order valence-corrected chi connectivity index (χ2v) is 10.6. The van der Waals surface area contributed by atoms with Crippen molar-refractivity contribution in [3.8, 4) is 11.5 Å². The molecule has 0 radical (unpaired) electrons. The number of rotatable bonds is 3. The van der Waals surface area contributed by atoms with E-state index in [0.717, 1.165) is 24.9 Å². The van der Waals surface area contributed by atoms with Gasteiger partial charge in [0.2, 0.25) is 11.8 Å². The number of hydrogen-bond donors (Lipinski definition) is 4. The van der Waals surface area contributed by atoms with Crippen LogP contribution < -0.4 is 4.74 Å². The molecule has 4 N–H and O–H groups in total. The zero-order valence-corrected chi connectivity index (χ0v) is 19.9. The van der Waals surface area contributed by atoms with Crippen molar-refractivity contribution in [3.05, 3.63) is 47.2 Å². The van der Waals surface area contributed by atoms with Crippen LogP contribution in [0.25, 0.3) is 0 Å². The third kappa shape index (κ3) is 2.89. The van der Waals surface area contributed by atoms with Gasteiger partial charge in [-0.25, -0.2) is 0 Å². The minimum Gasteiger partial charge on any atom is -0.504 e. The Hall–Kier alpha value is -2.54. The Bertz CT molecular complexity index is 1230. The van der Waals surface area contributed by atoms with Crippen LogP contribution in [0.3, 0.4) is 0 Å². The Morgan fingerprint density at radius 1 is 1.11 bits per heavy atom. The standard InChI is InChI=1S/C25H29N3O8/c1-10-26-27-23(33-10)21-18(31)17(30)19(32)24(36-21)34-15-6-4-12-13-9-11-3-5-14(29)20-16(11)25(12,22(15)35-20)7-8-28(13)2/h3-6,12-13,15,17-19,21-22,24,29-32H,7-9H2,1-2H3/t12?,13-,15?,17+,18+,19?,21?,22+,24-,25+/m1/s1.